The van der Waals surface area contributed by atoms with E-state index in [0.29, 0.717) is 37.2 Å². The predicted octanol–water partition coefficient (Wildman–Crippen LogP) is 4.65. The number of aromatic nitrogens is 4. The molecule has 0 bridgehead atoms. The maximum Gasteiger partial charge on any atom is 0.279 e. The number of hydrogen-bond acceptors (Lipinski definition) is 8. The molecule has 2 aromatic heterocycles. The Morgan fingerprint density at radius 2 is 1.69 bits per heavy atom. The van der Waals surface area contributed by atoms with Crippen molar-refractivity contribution in [1.82, 2.24) is 20.0 Å². The zero-order chi connectivity index (χ0) is 24.2. The fourth-order valence-corrected chi connectivity index (χ4v) is 5.10. The van der Waals surface area contributed by atoms with Crippen LogP contribution in [0.1, 0.15) is 21.6 Å². The number of nitrogens with zero attached hydrogens (tertiary/aromatic N) is 5. The summed E-state index contributed by atoms with van der Waals surface area (Å²) < 4.78 is 1.92. The Hall–Kier alpha value is -4.33. The third kappa shape index (κ3) is 4.82. The molecule has 5 rings (SSSR count). The Kier molecular flexibility index (Phi) is 6.34. The van der Waals surface area contributed by atoms with Crippen LogP contribution in [-0.4, -0.2) is 25.9 Å². The van der Waals surface area contributed by atoms with Crippen molar-refractivity contribution >= 4 is 44.9 Å². The fraction of sp³-hybridized carbons (Fsp3) is 0.0400. The van der Waals surface area contributed by atoms with Gasteiger partial charge in [-0.1, -0.05) is 71.6 Å². The molecule has 8 nitrogen and oxygen atoms in total. The summed E-state index contributed by atoms with van der Waals surface area (Å²) in [5.41, 5.74) is 2.04. The van der Waals surface area contributed by atoms with Crippen molar-refractivity contribution in [2.75, 3.05) is 5.32 Å². The van der Waals surface area contributed by atoms with Crippen LogP contribution < -0.4 is 10.9 Å². The average Bonchev–Trinajstić information content (AvgIpc) is 3.35. The van der Waals surface area contributed by atoms with Gasteiger partial charge in [-0.15, -0.1) is 10.2 Å². The minimum atomic E-state index is -0.481. The molecule has 0 aliphatic rings. The first-order valence-corrected chi connectivity index (χ1v) is 12.3. The molecular weight excluding hydrogens is 480 g/mol. The zero-order valence-corrected chi connectivity index (χ0v) is 19.7. The molecule has 0 fully saturated rings. The Balaban J connectivity index is 1.38. The lowest BCUT2D eigenvalue weighted by Gasteiger charge is -2.10. The summed E-state index contributed by atoms with van der Waals surface area (Å²) in [6.45, 7) is 0. The predicted molar refractivity (Wildman–Crippen MR) is 136 cm³/mol. The number of fused-ring (bicyclic) bond motifs is 1. The smallest absolute Gasteiger partial charge is 0.279 e. The van der Waals surface area contributed by atoms with Gasteiger partial charge >= 0.3 is 0 Å². The van der Waals surface area contributed by atoms with Gasteiger partial charge in [0.2, 0.25) is 5.13 Å². The summed E-state index contributed by atoms with van der Waals surface area (Å²) in [4.78, 5) is 26.2. The van der Waals surface area contributed by atoms with Crippen LogP contribution in [0.25, 0.3) is 16.5 Å². The summed E-state index contributed by atoms with van der Waals surface area (Å²) >= 11 is 2.74. The van der Waals surface area contributed by atoms with E-state index >= 15 is 0 Å². The van der Waals surface area contributed by atoms with Gasteiger partial charge in [0.25, 0.3) is 11.5 Å². The molecule has 0 aliphatic heterocycles. The number of anilines is 1. The summed E-state index contributed by atoms with van der Waals surface area (Å²) in [5, 5.41) is 25.5. The Bertz CT molecular complexity index is 1620. The Labute approximate surface area is 207 Å². The molecule has 3 aromatic carbocycles. The minimum absolute atomic E-state index is 0.117. The maximum atomic E-state index is 13.2. The quantitative estimate of drug-likeness (QED) is 0.269. The number of hydrogen-bond donors (Lipinski definition) is 1. The third-order valence-corrected chi connectivity index (χ3v) is 7.14. The first kappa shape index (κ1) is 22.5. The van der Waals surface area contributed by atoms with E-state index in [1.54, 1.807) is 60.7 Å². The Morgan fingerprint density at radius 3 is 2.43 bits per heavy atom. The number of amides is 1. The van der Waals surface area contributed by atoms with E-state index in [4.69, 9.17) is 5.26 Å². The number of rotatable bonds is 6. The second kappa shape index (κ2) is 9.89. The molecule has 0 aliphatic carbocycles. The van der Waals surface area contributed by atoms with E-state index in [-0.39, 0.29) is 11.3 Å². The summed E-state index contributed by atoms with van der Waals surface area (Å²) in [6, 6.07) is 25.3. The molecule has 1 N–H and O–H groups in total. The van der Waals surface area contributed by atoms with Crippen molar-refractivity contribution in [3.63, 3.8) is 0 Å². The molecule has 0 saturated heterocycles. The van der Waals surface area contributed by atoms with E-state index < -0.39 is 5.91 Å². The highest BCUT2D eigenvalue weighted by molar-refractivity contribution is 8.00. The van der Waals surface area contributed by atoms with Crippen LogP contribution in [0.2, 0.25) is 0 Å². The van der Waals surface area contributed by atoms with Crippen molar-refractivity contribution in [1.29, 1.82) is 5.26 Å². The van der Waals surface area contributed by atoms with Crippen molar-refractivity contribution in [3.8, 4) is 11.8 Å². The van der Waals surface area contributed by atoms with Crippen molar-refractivity contribution in [3.05, 3.63) is 106 Å². The highest BCUT2D eigenvalue weighted by Gasteiger charge is 2.19. The molecule has 0 saturated carbocycles. The van der Waals surface area contributed by atoms with Crippen LogP contribution in [0, 0.1) is 11.3 Å². The minimum Gasteiger partial charge on any atom is -0.295 e. The summed E-state index contributed by atoms with van der Waals surface area (Å²) in [7, 11) is 0. The van der Waals surface area contributed by atoms with Gasteiger partial charge in [0.15, 0.2) is 10.0 Å². The van der Waals surface area contributed by atoms with Crippen LogP contribution in [0.3, 0.4) is 0 Å². The summed E-state index contributed by atoms with van der Waals surface area (Å²) in [6.07, 6.45) is 0. The van der Waals surface area contributed by atoms with Crippen LogP contribution in [0.5, 0.6) is 0 Å². The molecule has 5 aromatic rings. The molecule has 1 amide bonds. The molecule has 170 valence electrons. The first-order chi connectivity index (χ1) is 17.1. The molecule has 2 heterocycles. The second-order valence-electron chi connectivity index (χ2n) is 7.37. The van der Waals surface area contributed by atoms with Crippen LogP contribution in [-0.2, 0) is 5.75 Å². The van der Waals surface area contributed by atoms with Crippen LogP contribution >= 0.6 is 23.1 Å². The number of thioether (sulfide) groups is 1. The fourth-order valence-electron chi connectivity index (χ4n) is 3.40. The van der Waals surface area contributed by atoms with E-state index in [1.807, 2.05) is 18.2 Å². The number of para-hydroxylation sites is 1. The maximum absolute atomic E-state index is 13.2. The molecule has 10 heteroatoms. The lowest BCUT2D eigenvalue weighted by molar-refractivity contribution is 0.102. The molecule has 35 heavy (non-hydrogen) atoms. The summed E-state index contributed by atoms with van der Waals surface area (Å²) in [5.74, 6) is 0.174. The van der Waals surface area contributed by atoms with Gasteiger partial charge in [0.1, 0.15) is 0 Å². The van der Waals surface area contributed by atoms with Gasteiger partial charge in [-0.05, 0) is 35.9 Å². The number of benzene rings is 3. The number of nitrogens with one attached hydrogen (secondary N) is 1. The van der Waals surface area contributed by atoms with Gasteiger partial charge in [0.05, 0.1) is 22.7 Å². The molecule has 0 atom stereocenters. The van der Waals surface area contributed by atoms with Gasteiger partial charge < -0.3 is 0 Å². The van der Waals surface area contributed by atoms with E-state index in [0.717, 1.165) is 5.56 Å². The second-order valence-corrected chi connectivity index (χ2v) is 9.57. The lowest BCUT2D eigenvalue weighted by Crippen LogP contribution is -2.26. The zero-order valence-electron chi connectivity index (χ0n) is 18.1. The topological polar surface area (TPSA) is 114 Å². The van der Waals surface area contributed by atoms with E-state index in [1.165, 1.54) is 27.8 Å². The monoisotopic (exact) mass is 496 g/mol. The Morgan fingerprint density at radius 1 is 0.971 bits per heavy atom. The number of carbonyl (C=O) groups is 1. The molecule has 0 spiro atoms. The van der Waals surface area contributed by atoms with Gasteiger partial charge in [-0.3, -0.25) is 14.9 Å². The van der Waals surface area contributed by atoms with Crippen molar-refractivity contribution in [2.45, 2.75) is 10.1 Å². The highest BCUT2D eigenvalue weighted by Crippen LogP contribution is 2.29. The number of nitriles is 1. The van der Waals surface area contributed by atoms with Crippen molar-refractivity contribution in [2.24, 2.45) is 0 Å². The van der Waals surface area contributed by atoms with Gasteiger partial charge in [-0.25, -0.2) is 0 Å². The normalized spacial score (nSPS) is 10.7. The van der Waals surface area contributed by atoms with Crippen LogP contribution in [0.15, 0.2) is 88.0 Å². The van der Waals surface area contributed by atoms with Gasteiger partial charge in [0, 0.05) is 11.1 Å². The molecular formula is C25H16N6O2S2. The SMILES string of the molecule is N#Cc1ccc(CSc2nnc(NC(=O)c3nn(-c4ccccc4)c(=O)c4ccccc34)s2)cc1. The standard InChI is InChI=1S/C25H16N6O2S2/c26-14-16-10-12-17(13-11-16)15-34-25-29-28-24(35-25)27-22(32)21-19-8-4-5-9-20(19)23(33)31(30-21)18-6-2-1-3-7-18/h1-13H,15H2,(H,27,28,32). The largest absolute Gasteiger partial charge is 0.295 e. The molecule has 0 unspecified atom stereocenters. The number of carbonyl (C=O) groups excluding carboxylic acids is 1. The highest BCUT2D eigenvalue weighted by atomic mass is 32.2. The molecule has 0 radical (unpaired) electrons. The van der Waals surface area contributed by atoms with Gasteiger partial charge in [-0.2, -0.15) is 15.0 Å². The van der Waals surface area contributed by atoms with E-state index in [9.17, 15) is 9.59 Å². The average molecular weight is 497 g/mol. The first-order valence-electron chi connectivity index (χ1n) is 10.5. The lowest BCUT2D eigenvalue weighted by atomic mass is 10.1. The van der Waals surface area contributed by atoms with Crippen LogP contribution in [0.4, 0.5) is 5.13 Å². The van der Waals surface area contributed by atoms with E-state index in [2.05, 4.69) is 26.7 Å². The third-order valence-electron chi connectivity index (χ3n) is 5.09. The van der Waals surface area contributed by atoms with Crippen molar-refractivity contribution < 1.29 is 4.79 Å².